The summed E-state index contributed by atoms with van der Waals surface area (Å²) in [5.41, 5.74) is 5.50. The van der Waals surface area contributed by atoms with Crippen molar-refractivity contribution in [1.29, 1.82) is 0 Å². The van der Waals surface area contributed by atoms with Gasteiger partial charge in [-0.25, -0.2) is 9.67 Å². The summed E-state index contributed by atoms with van der Waals surface area (Å²) in [4.78, 5) is 17.9. The lowest BCUT2D eigenvalue weighted by Gasteiger charge is -2.11. The zero-order chi connectivity index (χ0) is 21.3. The number of pyridine rings is 1. The van der Waals surface area contributed by atoms with Crippen LogP contribution in [0.2, 0.25) is 0 Å². The van der Waals surface area contributed by atoms with E-state index in [9.17, 15) is 4.79 Å². The van der Waals surface area contributed by atoms with Crippen LogP contribution < -0.4 is 10.1 Å². The van der Waals surface area contributed by atoms with Crippen LogP contribution in [0.25, 0.3) is 16.7 Å². The number of hydrogen-bond donors (Lipinski definition) is 1. The normalized spacial score (nSPS) is 10.9. The zero-order valence-electron chi connectivity index (χ0n) is 17.6. The van der Waals surface area contributed by atoms with Crippen LogP contribution in [-0.4, -0.2) is 27.8 Å². The summed E-state index contributed by atoms with van der Waals surface area (Å²) in [5, 5.41) is 8.39. The Hall–Kier alpha value is -3.67. The second-order valence-electron chi connectivity index (χ2n) is 7.18. The molecule has 2 aromatic carbocycles. The van der Waals surface area contributed by atoms with E-state index < -0.39 is 0 Å². The summed E-state index contributed by atoms with van der Waals surface area (Å²) in [7, 11) is 1.58. The van der Waals surface area contributed by atoms with Crippen molar-refractivity contribution in [3.05, 3.63) is 77.1 Å². The Morgan fingerprint density at radius 2 is 1.83 bits per heavy atom. The quantitative estimate of drug-likeness (QED) is 0.519. The highest BCUT2D eigenvalue weighted by atomic mass is 16.5. The van der Waals surface area contributed by atoms with Gasteiger partial charge in [0.1, 0.15) is 5.75 Å². The van der Waals surface area contributed by atoms with E-state index in [4.69, 9.17) is 9.72 Å². The first kappa shape index (κ1) is 19.6. The number of benzene rings is 2. The highest BCUT2D eigenvalue weighted by molar-refractivity contribution is 6.13. The van der Waals surface area contributed by atoms with Gasteiger partial charge in [0.05, 0.1) is 35.1 Å². The molecule has 0 spiro atoms. The van der Waals surface area contributed by atoms with Crippen molar-refractivity contribution in [3.63, 3.8) is 0 Å². The molecule has 0 fully saturated rings. The topological polar surface area (TPSA) is 69.0 Å². The van der Waals surface area contributed by atoms with E-state index in [1.54, 1.807) is 17.9 Å². The van der Waals surface area contributed by atoms with Crippen LogP contribution in [0.4, 0.5) is 5.69 Å². The van der Waals surface area contributed by atoms with Gasteiger partial charge >= 0.3 is 0 Å². The maximum Gasteiger partial charge on any atom is 0.256 e. The van der Waals surface area contributed by atoms with Crippen molar-refractivity contribution in [2.24, 2.45) is 0 Å². The molecule has 0 atom stereocenters. The Bertz CT molecular complexity index is 1230. The molecular formula is C24H24N4O2. The smallest absolute Gasteiger partial charge is 0.256 e. The number of fused-ring (bicyclic) bond motifs is 1. The third-order valence-corrected chi connectivity index (χ3v) is 5.13. The fourth-order valence-corrected chi connectivity index (χ4v) is 3.58. The molecule has 152 valence electrons. The van der Waals surface area contributed by atoms with Crippen molar-refractivity contribution in [2.75, 3.05) is 12.4 Å². The highest BCUT2D eigenvalue weighted by Gasteiger charge is 2.20. The van der Waals surface area contributed by atoms with Crippen molar-refractivity contribution in [1.82, 2.24) is 14.8 Å². The minimum absolute atomic E-state index is 0.223. The van der Waals surface area contributed by atoms with E-state index in [1.807, 2.05) is 50.2 Å². The fourth-order valence-electron chi connectivity index (χ4n) is 3.58. The molecule has 0 saturated carbocycles. The van der Waals surface area contributed by atoms with Gasteiger partial charge in [0.25, 0.3) is 5.91 Å². The number of carbonyl (C=O) groups excluding carboxylic acids is 1. The van der Waals surface area contributed by atoms with Gasteiger partial charge in [0, 0.05) is 5.69 Å². The van der Waals surface area contributed by atoms with E-state index in [2.05, 4.69) is 29.5 Å². The van der Waals surface area contributed by atoms with Crippen molar-refractivity contribution in [2.45, 2.75) is 27.2 Å². The Morgan fingerprint density at radius 1 is 1.10 bits per heavy atom. The average Bonchev–Trinajstić information content (AvgIpc) is 3.09. The molecule has 0 radical (unpaired) electrons. The van der Waals surface area contributed by atoms with Crippen molar-refractivity contribution >= 4 is 22.6 Å². The number of carbonyl (C=O) groups is 1. The van der Waals surface area contributed by atoms with Gasteiger partial charge < -0.3 is 10.1 Å². The SMILES string of the molecule is CCc1ccc(-n2nc(C)c3c(C(=O)Nc4ccccc4OC)cc(C)nc32)cc1. The molecule has 1 amide bonds. The second-order valence-corrected chi connectivity index (χ2v) is 7.18. The lowest BCUT2D eigenvalue weighted by atomic mass is 10.1. The number of rotatable bonds is 5. The number of nitrogens with zero attached hydrogens (tertiary/aromatic N) is 3. The number of aryl methyl sites for hydroxylation is 3. The van der Waals surface area contributed by atoms with E-state index in [0.29, 0.717) is 22.6 Å². The van der Waals surface area contributed by atoms with Crippen LogP contribution in [0.1, 0.15) is 34.2 Å². The monoisotopic (exact) mass is 400 g/mol. The molecule has 6 heteroatoms. The molecule has 6 nitrogen and oxygen atoms in total. The molecule has 0 aliphatic heterocycles. The summed E-state index contributed by atoms with van der Waals surface area (Å²) < 4.78 is 7.16. The molecule has 4 rings (SSSR count). The molecule has 30 heavy (non-hydrogen) atoms. The first-order valence-corrected chi connectivity index (χ1v) is 9.92. The molecule has 2 aromatic heterocycles. The van der Waals surface area contributed by atoms with Crippen molar-refractivity contribution < 1.29 is 9.53 Å². The molecular weight excluding hydrogens is 376 g/mol. The van der Waals surface area contributed by atoms with E-state index in [-0.39, 0.29) is 5.91 Å². The lowest BCUT2D eigenvalue weighted by molar-refractivity contribution is 0.102. The maximum absolute atomic E-state index is 13.2. The van der Waals surface area contributed by atoms with Gasteiger partial charge in [-0.05, 0) is 56.2 Å². The Labute approximate surface area is 175 Å². The van der Waals surface area contributed by atoms with Gasteiger partial charge in [-0.15, -0.1) is 0 Å². The van der Waals surface area contributed by atoms with Gasteiger partial charge in [0.15, 0.2) is 5.65 Å². The molecule has 0 bridgehead atoms. The maximum atomic E-state index is 13.2. The Kier molecular flexibility index (Phi) is 5.23. The minimum Gasteiger partial charge on any atom is -0.495 e. The number of para-hydroxylation sites is 2. The first-order valence-electron chi connectivity index (χ1n) is 9.92. The molecule has 4 aromatic rings. The van der Waals surface area contributed by atoms with Crippen LogP contribution >= 0.6 is 0 Å². The summed E-state index contributed by atoms with van der Waals surface area (Å²) >= 11 is 0. The van der Waals surface area contributed by atoms with Crippen LogP contribution in [0.15, 0.2) is 54.6 Å². The summed E-state index contributed by atoms with van der Waals surface area (Å²) in [5.74, 6) is 0.385. The minimum atomic E-state index is -0.223. The fraction of sp³-hybridized carbons (Fsp3) is 0.208. The van der Waals surface area contributed by atoms with Crippen LogP contribution in [0.5, 0.6) is 5.75 Å². The Morgan fingerprint density at radius 3 is 2.53 bits per heavy atom. The molecule has 1 N–H and O–H groups in total. The average molecular weight is 400 g/mol. The van der Waals surface area contributed by atoms with Crippen LogP contribution in [0.3, 0.4) is 0 Å². The van der Waals surface area contributed by atoms with Crippen LogP contribution in [0, 0.1) is 13.8 Å². The molecule has 0 aliphatic carbocycles. The first-order chi connectivity index (χ1) is 14.5. The Balaban J connectivity index is 1.81. The van der Waals surface area contributed by atoms with Crippen molar-refractivity contribution in [3.8, 4) is 11.4 Å². The number of ether oxygens (including phenoxy) is 1. The van der Waals surface area contributed by atoms with E-state index in [0.717, 1.165) is 28.9 Å². The number of amides is 1. The van der Waals surface area contributed by atoms with Gasteiger partial charge in [-0.3, -0.25) is 4.79 Å². The van der Waals surface area contributed by atoms with E-state index in [1.165, 1.54) is 5.56 Å². The zero-order valence-corrected chi connectivity index (χ0v) is 17.6. The van der Waals surface area contributed by atoms with E-state index >= 15 is 0 Å². The van der Waals surface area contributed by atoms with Crippen LogP contribution in [-0.2, 0) is 6.42 Å². The van der Waals surface area contributed by atoms with Gasteiger partial charge in [0.2, 0.25) is 0 Å². The summed E-state index contributed by atoms with van der Waals surface area (Å²) in [6.45, 7) is 5.91. The summed E-state index contributed by atoms with van der Waals surface area (Å²) in [6.07, 6.45) is 0.976. The predicted molar refractivity (Wildman–Crippen MR) is 119 cm³/mol. The predicted octanol–water partition coefficient (Wildman–Crippen LogP) is 4.86. The molecule has 0 saturated heterocycles. The standard InChI is InChI=1S/C24H24N4O2/c1-5-17-10-12-18(13-11-17)28-23-22(16(3)27-28)19(14-15(2)25-23)24(29)26-20-8-6-7-9-21(20)30-4/h6-14H,5H2,1-4H3,(H,26,29). The molecule has 0 unspecified atom stereocenters. The number of hydrogen-bond acceptors (Lipinski definition) is 4. The number of aromatic nitrogens is 3. The highest BCUT2D eigenvalue weighted by Crippen LogP contribution is 2.28. The number of methoxy groups -OCH3 is 1. The molecule has 2 heterocycles. The third kappa shape index (κ3) is 3.52. The molecule has 0 aliphatic rings. The largest absolute Gasteiger partial charge is 0.495 e. The second kappa shape index (κ2) is 7.99. The number of nitrogens with one attached hydrogen (secondary N) is 1. The third-order valence-electron chi connectivity index (χ3n) is 5.13. The lowest BCUT2D eigenvalue weighted by Crippen LogP contribution is -2.14. The number of anilines is 1. The summed E-state index contributed by atoms with van der Waals surface area (Å²) in [6, 6.07) is 17.4. The van der Waals surface area contributed by atoms with Gasteiger partial charge in [-0.2, -0.15) is 5.10 Å². The van der Waals surface area contributed by atoms with Gasteiger partial charge in [-0.1, -0.05) is 31.2 Å².